The highest BCUT2D eigenvalue weighted by Crippen LogP contribution is 2.38. The van der Waals surface area contributed by atoms with Gasteiger partial charge in [0.05, 0.1) is 0 Å². The van der Waals surface area contributed by atoms with Crippen LogP contribution >= 0.6 is 0 Å². The van der Waals surface area contributed by atoms with Gasteiger partial charge < -0.3 is 15.0 Å². The topological polar surface area (TPSA) is 74.2 Å². The van der Waals surface area contributed by atoms with Crippen molar-refractivity contribution in [2.75, 3.05) is 5.73 Å². The second-order valence-corrected chi connectivity index (χ2v) is 4.18. The molecule has 0 amide bonds. The summed E-state index contributed by atoms with van der Waals surface area (Å²) in [6.45, 7) is 0.305. The van der Waals surface area contributed by atoms with E-state index in [1.54, 1.807) is 6.07 Å². The standard InChI is InChI=1S/C12H13N3O2/c13-9-2-1-3-10(6-9)16-7-11-14-12(17-15-11)8-4-5-8/h1-3,6,8H,4-5,7,13H2. The summed E-state index contributed by atoms with van der Waals surface area (Å²) in [5.41, 5.74) is 6.33. The summed E-state index contributed by atoms with van der Waals surface area (Å²) in [5.74, 6) is 2.50. The molecule has 0 radical (unpaired) electrons. The Morgan fingerprint density at radius 1 is 1.41 bits per heavy atom. The molecule has 1 aromatic heterocycles. The molecule has 1 aliphatic rings. The number of nitrogen functional groups attached to an aromatic ring is 1. The summed E-state index contributed by atoms with van der Waals surface area (Å²) in [6.07, 6.45) is 2.30. The highest BCUT2D eigenvalue weighted by Gasteiger charge is 2.29. The third-order valence-electron chi connectivity index (χ3n) is 2.64. The van der Waals surface area contributed by atoms with Crippen molar-refractivity contribution in [3.63, 3.8) is 0 Å². The van der Waals surface area contributed by atoms with E-state index < -0.39 is 0 Å². The van der Waals surface area contributed by atoms with E-state index in [0.29, 0.717) is 29.8 Å². The van der Waals surface area contributed by atoms with Gasteiger partial charge in [-0.25, -0.2) is 0 Å². The summed E-state index contributed by atoms with van der Waals surface area (Å²) >= 11 is 0. The van der Waals surface area contributed by atoms with E-state index in [-0.39, 0.29) is 0 Å². The molecule has 5 nitrogen and oxygen atoms in total. The highest BCUT2D eigenvalue weighted by molar-refractivity contribution is 5.43. The van der Waals surface area contributed by atoms with Crippen molar-refractivity contribution < 1.29 is 9.26 Å². The maximum atomic E-state index is 5.65. The average Bonchev–Trinajstić information content (AvgIpc) is 3.07. The van der Waals surface area contributed by atoms with E-state index in [1.807, 2.05) is 18.2 Å². The zero-order valence-electron chi connectivity index (χ0n) is 9.30. The van der Waals surface area contributed by atoms with Crippen LogP contribution in [0, 0.1) is 0 Å². The van der Waals surface area contributed by atoms with Crippen molar-refractivity contribution in [3.05, 3.63) is 36.0 Å². The van der Waals surface area contributed by atoms with Crippen molar-refractivity contribution in [1.82, 2.24) is 10.1 Å². The number of nitrogens with two attached hydrogens (primary N) is 1. The third kappa shape index (κ3) is 2.38. The lowest BCUT2D eigenvalue weighted by molar-refractivity contribution is 0.285. The molecule has 17 heavy (non-hydrogen) atoms. The Hall–Kier alpha value is -2.04. The average molecular weight is 231 g/mol. The van der Waals surface area contributed by atoms with Gasteiger partial charge in [-0.2, -0.15) is 4.98 Å². The van der Waals surface area contributed by atoms with Crippen molar-refractivity contribution >= 4 is 5.69 Å². The van der Waals surface area contributed by atoms with Crippen LogP contribution in [0.4, 0.5) is 5.69 Å². The van der Waals surface area contributed by atoms with Crippen LogP contribution in [-0.4, -0.2) is 10.1 Å². The number of nitrogens with zero attached hydrogens (tertiary/aromatic N) is 2. The Labute approximate surface area is 98.6 Å². The minimum Gasteiger partial charge on any atom is -0.485 e. The summed E-state index contributed by atoms with van der Waals surface area (Å²) in [5, 5.41) is 3.87. The summed E-state index contributed by atoms with van der Waals surface area (Å²) < 4.78 is 10.7. The predicted octanol–water partition coefficient (Wildman–Crippen LogP) is 2.11. The zero-order chi connectivity index (χ0) is 11.7. The second-order valence-electron chi connectivity index (χ2n) is 4.18. The lowest BCUT2D eigenvalue weighted by atomic mass is 10.3. The highest BCUT2D eigenvalue weighted by atomic mass is 16.5. The molecular formula is C12H13N3O2. The molecule has 0 bridgehead atoms. The molecule has 1 aliphatic carbocycles. The molecule has 0 spiro atoms. The van der Waals surface area contributed by atoms with Crippen LogP contribution in [0.25, 0.3) is 0 Å². The van der Waals surface area contributed by atoms with E-state index in [1.165, 1.54) is 0 Å². The van der Waals surface area contributed by atoms with Gasteiger partial charge in [0.25, 0.3) is 0 Å². The molecule has 1 aromatic carbocycles. The number of anilines is 1. The monoisotopic (exact) mass is 231 g/mol. The van der Waals surface area contributed by atoms with Crippen molar-refractivity contribution in [2.45, 2.75) is 25.4 Å². The minimum absolute atomic E-state index is 0.305. The van der Waals surface area contributed by atoms with E-state index in [4.69, 9.17) is 15.0 Å². The first-order valence-electron chi connectivity index (χ1n) is 5.62. The summed E-state index contributed by atoms with van der Waals surface area (Å²) in [4.78, 5) is 4.28. The Balaban J connectivity index is 1.62. The van der Waals surface area contributed by atoms with Gasteiger partial charge >= 0.3 is 0 Å². The first-order chi connectivity index (χ1) is 8.31. The molecule has 5 heteroatoms. The molecule has 1 saturated carbocycles. The van der Waals surface area contributed by atoms with Gasteiger partial charge in [-0.15, -0.1) is 0 Å². The van der Waals surface area contributed by atoms with Gasteiger partial charge in [0.1, 0.15) is 5.75 Å². The maximum Gasteiger partial charge on any atom is 0.229 e. The minimum atomic E-state index is 0.305. The van der Waals surface area contributed by atoms with Crippen LogP contribution in [0.5, 0.6) is 5.75 Å². The molecule has 0 atom stereocenters. The second kappa shape index (κ2) is 4.08. The van der Waals surface area contributed by atoms with E-state index in [0.717, 1.165) is 18.7 Å². The van der Waals surface area contributed by atoms with Gasteiger partial charge in [0.2, 0.25) is 11.7 Å². The third-order valence-corrected chi connectivity index (χ3v) is 2.64. The van der Waals surface area contributed by atoms with Crippen molar-refractivity contribution in [3.8, 4) is 5.75 Å². The Morgan fingerprint density at radius 3 is 3.06 bits per heavy atom. The zero-order valence-corrected chi connectivity index (χ0v) is 9.30. The lowest BCUT2D eigenvalue weighted by Gasteiger charge is -2.03. The molecule has 0 aliphatic heterocycles. The number of benzene rings is 1. The number of rotatable bonds is 4. The lowest BCUT2D eigenvalue weighted by Crippen LogP contribution is -1.98. The Morgan fingerprint density at radius 2 is 2.29 bits per heavy atom. The predicted molar refractivity (Wildman–Crippen MR) is 61.5 cm³/mol. The molecule has 2 N–H and O–H groups in total. The van der Waals surface area contributed by atoms with E-state index in [9.17, 15) is 0 Å². The molecule has 0 unspecified atom stereocenters. The van der Waals surface area contributed by atoms with Crippen LogP contribution in [0.15, 0.2) is 28.8 Å². The fourth-order valence-corrected chi connectivity index (χ4v) is 1.57. The number of aromatic nitrogens is 2. The quantitative estimate of drug-likeness (QED) is 0.816. The number of hydrogen-bond donors (Lipinski definition) is 1. The smallest absolute Gasteiger partial charge is 0.229 e. The fourth-order valence-electron chi connectivity index (χ4n) is 1.57. The summed E-state index contributed by atoms with van der Waals surface area (Å²) in [7, 11) is 0. The maximum absolute atomic E-state index is 5.65. The fraction of sp³-hybridized carbons (Fsp3) is 0.333. The Bertz CT molecular complexity index is 520. The van der Waals surface area contributed by atoms with Crippen molar-refractivity contribution in [2.24, 2.45) is 0 Å². The largest absolute Gasteiger partial charge is 0.485 e. The van der Waals surface area contributed by atoms with Gasteiger partial charge in [-0.05, 0) is 25.0 Å². The first kappa shape index (κ1) is 10.1. The van der Waals surface area contributed by atoms with E-state index in [2.05, 4.69) is 10.1 Å². The SMILES string of the molecule is Nc1cccc(OCc2noc(C3CC3)n2)c1. The molecule has 1 heterocycles. The number of hydrogen-bond acceptors (Lipinski definition) is 5. The van der Waals surface area contributed by atoms with Crippen LogP contribution in [0.3, 0.4) is 0 Å². The number of ether oxygens (including phenoxy) is 1. The van der Waals surface area contributed by atoms with E-state index >= 15 is 0 Å². The first-order valence-corrected chi connectivity index (χ1v) is 5.62. The van der Waals surface area contributed by atoms with Crippen LogP contribution in [-0.2, 0) is 6.61 Å². The molecule has 1 fully saturated rings. The van der Waals surface area contributed by atoms with Crippen molar-refractivity contribution in [1.29, 1.82) is 0 Å². The van der Waals surface area contributed by atoms with Crippen LogP contribution in [0.1, 0.15) is 30.5 Å². The van der Waals surface area contributed by atoms with Gasteiger partial charge in [0, 0.05) is 17.7 Å². The Kier molecular flexibility index (Phi) is 2.44. The molecule has 0 saturated heterocycles. The summed E-state index contributed by atoms with van der Waals surface area (Å²) in [6, 6.07) is 7.27. The van der Waals surface area contributed by atoms with Crippen LogP contribution < -0.4 is 10.5 Å². The van der Waals surface area contributed by atoms with Gasteiger partial charge in [0.15, 0.2) is 6.61 Å². The molecule has 88 valence electrons. The molecule has 3 rings (SSSR count). The van der Waals surface area contributed by atoms with Gasteiger partial charge in [-0.3, -0.25) is 0 Å². The van der Waals surface area contributed by atoms with Gasteiger partial charge in [-0.1, -0.05) is 11.2 Å². The normalized spacial score (nSPS) is 14.8. The van der Waals surface area contributed by atoms with Crippen LogP contribution in [0.2, 0.25) is 0 Å². The molecule has 2 aromatic rings. The molecular weight excluding hydrogens is 218 g/mol.